The number of ether oxygens (including phenoxy) is 1. The maximum atomic E-state index is 11.3. The lowest BCUT2D eigenvalue weighted by Gasteiger charge is -2.41. The number of methoxy groups -OCH3 is 1. The van der Waals surface area contributed by atoms with E-state index in [0.29, 0.717) is 5.02 Å². The highest BCUT2D eigenvalue weighted by Crippen LogP contribution is 2.38. The minimum Gasteiger partial charge on any atom is -0.497 e. The molecule has 0 saturated carbocycles. The van der Waals surface area contributed by atoms with Gasteiger partial charge in [0.15, 0.2) is 0 Å². The first-order valence-electron chi connectivity index (χ1n) is 10.7. The second kappa shape index (κ2) is 10.3. The number of benzene rings is 3. The number of rotatable bonds is 7. The molecule has 4 nitrogen and oxygen atoms in total. The van der Waals surface area contributed by atoms with E-state index in [1.165, 1.54) is 5.56 Å². The Morgan fingerprint density at radius 1 is 0.871 bits per heavy atom. The average molecular weight is 437 g/mol. The molecule has 0 bridgehead atoms. The van der Waals surface area contributed by atoms with Crippen molar-refractivity contribution in [2.45, 2.75) is 18.7 Å². The van der Waals surface area contributed by atoms with E-state index >= 15 is 0 Å². The van der Waals surface area contributed by atoms with Gasteiger partial charge in [0.05, 0.1) is 19.3 Å². The first kappa shape index (κ1) is 21.8. The molecule has 5 heteroatoms. The van der Waals surface area contributed by atoms with Gasteiger partial charge in [-0.1, -0.05) is 72.3 Å². The van der Waals surface area contributed by atoms with Crippen LogP contribution in [0.5, 0.6) is 5.75 Å². The number of aliphatic hydroxyl groups is 1. The third kappa shape index (κ3) is 5.28. The molecular weight excluding hydrogens is 408 g/mol. The van der Waals surface area contributed by atoms with Crippen molar-refractivity contribution in [3.05, 3.63) is 101 Å². The molecule has 0 aliphatic carbocycles. The van der Waals surface area contributed by atoms with Gasteiger partial charge in [-0.05, 0) is 34.9 Å². The quantitative estimate of drug-likeness (QED) is 0.569. The largest absolute Gasteiger partial charge is 0.497 e. The predicted molar refractivity (Wildman–Crippen MR) is 125 cm³/mol. The van der Waals surface area contributed by atoms with E-state index in [1.54, 1.807) is 7.11 Å². The van der Waals surface area contributed by atoms with Crippen LogP contribution < -0.4 is 4.74 Å². The molecule has 3 aromatic rings. The van der Waals surface area contributed by atoms with Gasteiger partial charge >= 0.3 is 0 Å². The number of halogens is 1. The SMILES string of the molecule is COc1ccc(CN2CCN(C(c3ccccc3Cl)C(O)c3ccccc3)CC2)cc1. The average Bonchev–Trinajstić information content (AvgIpc) is 2.82. The maximum absolute atomic E-state index is 11.3. The lowest BCUT2D eigenvalue weighted by molar-refractivity contribution is 0.0149. The lowest BCUT2D eigenvalue weighted by atomic mass is 9.93. The second-order valence-electron chi connectivity index (χ2n) is 7.98. The number of nitrogens with zero attached hydrogens (tertiary/aromatic N) is 2. The second-order valence-corrected chi connectivity index (χ2v) is 8.39. The normalized spacial score (nSPS) is 17.3. The third-order valence-electron chi connectivity index (χ3n) is 6.03. The zero-order chi connectivity index (χ0) is 21.6. The maximum Gasteiger partial charge on any atom is 0.118 e. The van der Waals surface area contributed by atoms with Crippen molar-refractivity contribution in [2.24, 2.45) is 0 Å². The lowest BCUT2D eigenvalue weighted by Crippen LogP contribution is -2.48. The Morgan fingerprint density at radius 2 is 1.52 bits per heavy atom. The molecule has 1 saturated heterocycles. The molecule has 4 rings (SSSR count). The molecule has 2 unspecified atom stereocenters. The van der Waals surface area contributed by atoms with Crippen molar-refractivity contribution < 1.29 is 9.84 Å². The summed E-state index contributed by atoms with van der Waals surface area (Å²) < 4.78 is 5.26. The molecule has 3 aromatic carbocycles. The van der Waals surface area contributed by atoms with Crippen molar-refractivity contribution in [2.75, 3.05) is 33.3 Å². The van der Waals surface area contributed by atoms with Crippen molar-refractivity contribution >= 4 is 11.6 Å². The molecule has 1 N–H and O–H groups in total. The molecule has 0 radical (unpaired) electrons. The van der Waals surface area contributed by atoms with E-state index < -0.39 is 6.10 Å². The first-order valence-corrected chi connectivity index (χ1v) is 11.1. The van der Waals surface area contributed by atoms with Gasteiger partial charge in [0.2, 0.25) is 0 Å². The Labute approximate surface area is 189 Å². The summed E-state index contributed by atoms with van der Waals surface area (Å²) in [5, 5.41) is 12.0. The van der Waals surface area contributed by atoms with E-state index in [4.69, 9.17) is 16.3 Å². The predicted octanol–water partition coefficient (Wildman–Crippen LogP) is 4.94. The zero-order valence-electron chi connectivity index (χ0n) is 17.8. The van der Waals surface area contributed by atoms with Crippen LogP contribution in [0.2, 0.25) is 5.02 Å². The van der Waals surface area contributed by atoms with Gasteiger partial charge < -0.3 is 9.84 Å². The van der Waals surface area contributed by atoms with Gasteiger partial charge in [0.25, 0.3) is 0 Å². The van der Waals surface area contributed by atoms with E-state index in [2.05, 4.69) is 21.9 Å². The third-order valence-corrected chi connectivity index (χ3v) is 6.37. The van der Waals surface area contributed by atoms with Crippen LogP contribution in [-0.4, -0.2) is 48.2 Å². The molecule has 0 amide bonds. The van der Waals surface area contributed by atoms with Gasteiger partial charge in [-0.3, -0.25) is 9.80 Å². The monoisotopic (exact) mass is 436 g/mol. The fraction of sp³-hybridized carbons (Fsp3) is 0.308. The number of hydrogen-bond donors (Lipinski definition) is 1. The molecular formula is C26H29ClN2O2. The fourth-order valence-electron chi connectivity index (χ4n) is 4.30. The van der Waals surface area contributed by atoms with Gasteiger partial charge in [0.1, 0.15) is 5.75 Å². The number of hydrogen-bond acceptors (Lipinski definition) is 4. The van der Waals surface area contributed by atoms with Crippen molar-refractivity contribution in [3.63, 3.8) is 0 Å². The van der Waals surface area contributed by atoms with Crippen LogP contribution in [-0.2, 0) is 6.54 Å². The molecule has 1 aliphatic rings. The van der Waals surface area contributed by atoms with Gasteiger partial charge in [-0.2, -0.15) is 0 Å². The summed E-state index contributed by atoms with van der Waals surface area (Å²) in [6.45, 7) is 4.53. The summed E-state index contributed by atoms with van der Waals surface area (Å²) >= 11 is 6.57. The topological polar surface area (TPSA) is 35.9 Å². The minimum absolute atomic E-state index is 0.181. The molecule has 162 valence electrons. The van der Waals surface area contributed by atoms with Gasteiger partial charge in [-0.15, -0.1) is 0 Å². The number of piperazine rings is 1. The van der Waals surface area contributed by atoms with Crippen LogP contribution in [0.25, 0.3) is 0 Å². The van der Waals surface area contributed by atoms with Crippen LogP contribution in [0.4, 0.5) is 0 Å². The summed E-state index contributed by atoms with van der Waals surface area (Å²) in [5.74, 6) is 0.881. The Balaban J connectivity index is 1.48. The Bertz CT molecular complexity index is 957. The van der Waals surface area contributed by atoms with Gasteiger partial charge in [-0.25, -0.2) is 0 Å². The van der Waals surface area contributed by atoms with Gasteiger partial charge in [0, 0.05) is 37.7 Å². The fourth-order valence-corrected chi connectivity index (χ4v) is 4.55. The van der Waals surface area contributed by atoms with Crippen LogP contribution in [0.1, 0.15) is 28.8 Å². The highest BCUT2D eigenvalue weighted by molar-refractivity contribution is 6.31. The Hall–Kier alpha value is -2.37. The Kier molecular flexibility index (Phi) is 7.25. The smallest absolute Gasteiger partial charge is 0.118 e. The summed E-state index contributed by atoms with van der Waals surface area (Å²) in [7, 11) is 1.69. The van der Waals surface area contributed by atoms with E-state index in [0.717, 1.165) is 49.6 Å². The summed E-state index contributed by atoms with van der Waals surface area (Å²) in [6, 6.07) is 25.8. The molecule has 0 aromatic heterocycles. The van der Waals surface area contributed by atoms with Crippen LogP contribution in [0, 0.1) is 0 Å². The molecule has 2 atom stereocenters. The highest BCUT2D eigenvalue weighted by atomic mass is 35.5. The van der Waals surface area contributed by atoms with Crippen LogP contribution in [0.15, 0.2) is 78.9 Å². The summed E-state index contributed by atoms with van der Waals surface area (Å²) in [5.41, 5.74) is 3.17. The molecule has 0 spiro atoms. The van der Waals surface area contributed by atoms with E-state index in [9.17, 15) is 5.11 Å². The molecule has 1 heterocycles. The van der Waals surface area contributed by atoms with Crippen molar-refractivity contribution in [1.82, 2.24) is 9.80 Å². The van der Waals surface area contributed by atoms with E-state index in [-0.39, 0.29) is 6.04 Å². The summed E-state index contributed by atoms with van der Waals surface area (Å²) in [6.07, 6.45) is -0.644. The summed E-state index contributed by atoms with van der Waals surface area (Å²) in [4.78, 5) is 4.82. The molecule has 1 fully saturated rings. The van der Waals surface area contributed by atoms with Crippen molar-refractivity contribution in [3.8, 4) is 5.75 Å². The molecule has 1 aliphatic heterocycles. The van der Waals surface area contributed by atoms with Crippen LogP contribution >= 0.6 is 11.6 Å². The minimum atomic E-state index is -0.644. The van der Waals surface area contributed by atoms with E-state index in [1.807, 2.05) is 66.7 Å². The zero-order valence-corrected chi connectivity index (χ0v) is 18.6. The first-order chi connectivity index (χ1) is 15.2. The Morgan fingerprint density at radius 3 is 2.16 bits per heavy atom. The van der Waals surface area contributed by atoms with Crippen LogP contribution in [0.3, 0.4) is 0 Å². The standard InChI is InChI=1S/C26H29ClN2O2/c1-31-22-13-11-20(12-14-22)19-28-15-17-29(18-16-28)25(23-9-5-6-10-24(23)27)26(30)21-7-3-2-4-8-21/h2-14,25-26,30H,15-19H2,1H3. The number of aliphatic hydroxyl groups excluding tert-OH is 1. The van der Waals surface area contributed by atoms with Crippen molar-refractivity contribution in [1.29, 1.82) is 0 Å². The molecule has 31 heavy (non-hydrogen) atoms. The highest BCUT2D eigenvalue weighted by Gasteiger charge is 2.32.